The van der Waals surface area contributed by atoms with Gasteiger partial charge < -0.3 is 14.5 Å². The summed E-state index contributed by atoms with van der Waals surface area (Å²) in [6, 6.07) is 13.2. The highest BCUT2D eigenvalue weighted by molar-refractivity contribution is 5.92. The van der Waals surface area contributed by atoms with Crippen LogP contribution in [0.25, 0.3) is 11.5 Å². The van der Waals surface area contributed by atoms with E-state index in [1.807, 2.05) is 6.07 Å². The molecule has 0 fully saturated rings. The summed E-state index contributed by atoms with van der Waals surface area (Å²) in [7, 11) is 0. The first-order valence-corrected chi connectivity index (χ1v) is 8.19. The van der Waals surface area contributed by atoms with E-state index in [1.54, 1.807) is 24.3 Å². The van der Waals surface area contributed by atoms with Gasteiger partial charge in [0.15, 0.2) is 6.61 Å². The first-order valence-electron chi connectivity index (χ1n) is 8.19. The summed E-state index contributed by atoms with van der Waals surface area (Å²) in [4.78, 5) is 12.1. The summed E-state index contributed by atoms with van der Waals surface area (Å²) in [5.41, 5.74) is 4.33. The second kappa shape index (κ2) is 6.76. The molecule has 1 heterocycles. The summed E-state index contributed by atoms with van der Waals surface area (Å²) in [6.45, 7) is -0.0447. The maximum Gasteiger partial charge on any atom is 0.262 e. The van der Waals surface area contributed by atoms with Crippen molar-refractivity contribution in [3.8, 4) is 17.2 Å². The maximum atomic E-state index is 12.1. The van der Waals surface area contributed by atoms with Gasteiger partial charge in [0.25, 0.3) is 5.91 Å². The summed E-state index contributed by atoms with van der Waals surface area (Å²) in [6.07, 6.45) is 4.69. The van der Waals surface area contributed by atoms with E-state index in [4.69, 9.17) is 9.15 Å². The average Bonchev–Trinajstić information content (AvgIpc) is 3.32. The Morgan fingerprint density at radius 3 is 2.76 bits per heavy atom. The van der Waals surface area contributed by atoms with Crippen molar-refractivity contribution in [2.45, 2.75) is 19.3 Å². The quantitative estimate of drug-likeness (QED) is 0.774. The first kappa shape index (κ1) is 15.4. The van der Waals surface area contributed by atoms with Gasteiger partial charge >= 0.3 is 0 Å². The highest BCUT2D eigenvalue weighted by Gasteiger charge is 2.12. The number of nitrogens with zero attached hydrogens (tertiary/aromatic N) is 2. The van der Waals surface area contributed by atoms with E-state index in [0.29, 0.717) is 11.6 Å². The Kier molecular flexibility index (Phi) is 4.16. The number of amides is 1. The summed E-state index contributed by atoms with van der Waals surface area (Å²) in [5, 5.41) is 10.4. The lowest BCUT2D eigenvalue weighted by atomic mass is 10.1. The molecule has 0 saturated carbocycles. The molecule has 4 rings (SSSR count). The molecule has 126 valence electrons. The molecule has 6 heteroatoms. The van der Waals surface area contributed by atoms with E-state index < -0.39 is 0 Å². The Labute approximate surface area is 144 Å². The molecule has 3 aromatic rings. The van der Waals surface area contributed by atoms with Crippen LogP contribution >= 0.6 is 0 Å². The van der Waals surface area contributed by atoms with Crippen molar-refractivity contribution >= 4 is 11.6 Å². The number of rotatable bonds is 5. The highest BCUT2D eigenvalue weighted by atomic mass is 16.5. The lowest BCUT2D eigenvalue weighted by molar-refractivity contribution is -0.118. The van der Waals surface area contributed by atoms with E-state index in [1.165, 1.54) is 23.9 Å². The smallest absolute Gasteiger partial charge is 0.262 e. The zero-order valence-corrected chi connectivity index (χ0v) is 13.6. The number of aromatic nitrogens is 2. The molecule has 0 bridgehead atoms. The molecule has 25 heavy (non-hydrogen) atoms. The number of hydrogen-bond acceptors (Lipinski definition) is 5. The van der Waals surface area contributed by atoms with Gasteiger partial charge in [0.05, 0.1) is 0 Å². The number of carbonyl (C=O) groups excluding carboxylic acids is 1. The number of anilines is 1. The fourth-order valence-electron chi connectivity index (χ4n) is 2.99. The molecule has 0 radical (unpaired) electrons. The van der Waals surface area contributed by atoms with Crippen LogP contribution in [0.1, 0.15) is 17.5 Å². The molecule has 1 aromatic heterocycles. The topological polar surface area (TPSA) is 77.2 Å². The van der Waals surface area contributed by atoms with Crippen LogP contribution in [0.5, 0.6) is 5.75 Å². The second-order valence-electron chi connectivity index (χ2n) is 5.94. The average molecular weight is 335 g/mol. The Morgan fingerprint density at radius 2 is 1.96 bits per heavy atom. The van der Waals surface area contributed by atoms with Gasteiger partial charge in [-0.2, -0.15) is 0 Å². The molecule has 6 nitrogen and oxygen atoms in total. The molecule has 0 aliphatic heterocycles. The van der Waals surface area contributed by atoms with Crippen LogP contribution < -0.4 is 10.1 Å². The van der Waals surface area contributed by atoms with Crippen LogP contribution in [0, 0.1) is 0 Å². The van der Waals surface area contributed by atoms with Crippen molar-refractivity contribution in [3.63, 3.8) is 0 Å². The lowest BCUT2D eigenvalue weighted by Crippen LogP contribution is -2.20. The third kappa shape index (κ3) is 3.52. The van der Waals surface area contributed by atoms with Gasteiger partial charge in [-0.3, -0.25) is 4.79 Å². The number of hydrogen-bond donors (Lipinski definition) is 1. The van der Waals surface area contributed by atoms with Crippen LogP contribution in [0.3, 0.4) is 0 Å². The van der Waals surface area contributed by atoms with Crippen LogP contribution in [0.2, 0.25) is 0 Å². The molecule has 1 aliphatic rings. The molecular weight excluding hydrogens is 318 g/mol. The zero-order chi connectivity index (χ0) is 17.1. The van der Waals surface area contributed by atoms with E-state index >= 15 is 0 Å². The van der Waals surface area contributed by atoms with E-state index in [2.05, 4.69) is 27.6 Å². The number of ether oxygens (including phenoxy) is 1. The van der Waals surface area contributed by atoms with Crippen molar-refractivity contribution in [1.29, 1.82) is 0 Å². The monoisotopic (exact) mass is 335 g/mol. The Balaban J connectivity index is 1.32. The minimum atomic E-state index is -0.182. The summed E-state index contributed by atoms with van der Waals surface area (Å²) >= 11 is 0. The largest absolute Gasteiger partial charge is 0.484 e. The van der Waals surface area contributed by atoms with Crippen LogP contribution in [0.15, 0.2) is 53.3 Å². The number of fused-ring (bicyclic) bond motifs is 1. The third-order valence-electron chi connectivity index (χ3n) is 4.21. The minimum Gasteiger partial charge on any atom is -0.484 e. The number of aryl methyl sites for hydroxylation is 2. The van der Waals surface area contributed by atoms with E-state index in [9.17, 15) is 4.79 Å². The van der Waals surface area contributed by atoms with Crippen molar-refractivity contribution in [3.05, 3.63) is 60.0 Å². The Morgan fingerprint density at radius 1 is 1.12 bits per heavy atom. The molecule has 0 atom stereocenters. The Bertz CT molecular complexity index is 873. The summed E-state index contributed by atoms with van der Waals surface area (Å²) < 4.78 is 10.7. The maximum absolute atomic E-state index is 12.1. The predicted molar refractivity (Wildman–Crippen MR) is 92.3 cm³/mol. The molecule has 1 aliphatic carbocycles. The zero-order valence-electron chi connectivity index (χ0n) is 13.6. The molecule has 0 spiro atoms. The standard InChI is InChI=1S/C19H17N3O3/c23-18(21-16-7-4-13-2-1-3-15(13)10-16)11-24-17-8-5-14(6-9-17)19-22-20-12-25-19/h4-10,12H,1-3,11H2,(H,21,23). The number of nitrogens with one attached hydrogen (secondary N) is 1. The SMILES string of the molecule is O=C(COc1ccc(-c2nnco2)cc1)Nc1ccc2c(c1)CCC2. The highest BCUT2D eigenvalue weighted by Crippen LogP contribution is 2.25. The molecular formula is C19H17N3O3. The van der Waals surface area contributed by atoms with E-state index in [0.717, 1.165) is 24.1 Å². The molecule has 1 N–H and O–H groups in total. The molecule has 2 aromatic carbocycles. The molecule has 1 amide bonds. The fraction of sp³-hybridized carbons (Fsp3) is 0.211. The minimum absolute atomic E-state index is 0.0447. The van der Waals surface area contributed by atoms with Gasteiger partial charge in [-0.15, -0.1) is 10.2 Å². The van der Waals surface area contributed by atoms with Crippen LogP contribution in [-0.2, 0) is 17.6 Å². The van der Waals surface area contributed by atoms with Crippen LogP contribution in [0.4, 0.5) is 5.69 Å². The lowest BCUT2D eigenvalue weighted by Gasteiger charge is -2.09. The van der Waals surface area contributed by atoms with Gasteiger partial charge in [0.1, 0.15) is 5.75 Å². The second-order valence-corrected chi connectivity index (χ2v) is 5.94. The van der Waals surface area contributed by atoms with Gasteiger partial charge in [0, 0.05) is 11.3 Å². The number of benzene rings is 2. The van der Waals surface area contributed by atoms with Gasteiger partial charge in [-0.1, -0.05) is 6.07 Å². The van der Waals surface area contributed by atoms with Gasteiger partial charge in [-0.25, -0.2) is 0 Å². The Hall–Kier alpha value is -3.15. The van der Waals surface area contributed by atoms with Gasteiger partial charge in [-0.05, 0) is 66.8 Å². The van der Waals surface area contributed by atoms with Gasteiger partial charge in [0.2, 0.25) is 12.3 Å². The van der Waals surface area contributed by atoms with Crippen molar-refractivity contribution in [2.24, 2.45) is 0 Å². The fourth-order valence-corrected chi connectivity index (χ4v) is 2.99. The molecule has 0 saturated heterocycles. The number of carbonyl (C=O) groups is 1. The predicted octanol–water partition coefficient (Wildman–Crippen LogP) is 3.24. The van der Waals surface area contributed by atoms with Crippen LogP contribution in [-0.4, -0.2) is 22.7 Å². The third-order valence-corrected chi connectivity index (χ3v) is 4.21. The summed E-state index contributed by atoms with van der Waals surface area (Å²) in [5.74, 6) is 0.868. The van der Waals surface area contributed by atoms with Crippen molar-refractivity contribution < 1.29 is 13.9 Å². The van der Waals surface area contributed by atoms with E-state index in [-0.39, 0.29) is 12.5 Å². The first-order chi connectivity index (χ1) is 12.3. The molecule has 0 unspecified atom stereocenters. The van der Waals surface area contributed by atoms with Crippen molar-refractivity contribution in [2.75, 3.05) is 11.9 Å². The van der Waals surface area contributed by atoms with Crippen molar-refractivity contribution in [1.82, 2.24) is 10.2 Å². The normalized spacial score (nSPS) is 12.6.